The van der Waals surface area contributed by atoms with Crippen molar-refractivity contribution >= 4 is 54.9 Å². The molecule has 1 aliphatic heterocycles. The largest absolute Gasteiger partial charge is 0.459 e. The van der Waals surface area contributed by atoms with E-state index >= 15 is 0 Å². The zero-order valence-electron chi connectivity index (χ0n) is 31.5. The number of rotatable bonds is 16. The molecule has 0 aliphatic carbocycles. The summed E-state index contributed by atoms with van der Waals surface area (Å²) in [5.74, 6) is 0.554. The van der Waals surface area contributed by atoms with E-state index in [0.717, 1.165) is 22.9 Å². The van der Waals surface area contributed by atoms with E-state index in [9.17, 15) is 18.0 Å². The number of carbonyl (C=O) groups is 1. The van der Waals surface area contributed by atoms with Crippen LogP contribution in [0, 0.1) is 5.92 Å². The Bertz CT molecular complexity index is 1790. The third-order valence-corrected chi connectivity index (χ3v) is 10.6. The minimum absolute atomic E-state index is 0.103. The highest BCUT2D eigenvalue weighted by atomic mass is 35.5. The highest BCUT2D eigenvalue weighted by Gasteiger charge is 2.40. The minimum Gasteiger partial charge on any atom is -0.459 e. The van der Waals surface area contributed by atoms with E-state index in [0.29, 0.717) is 23.7 Å². The fraction of sp³-hybridized carbons (Fsp3) is 0.486. The van der Waals surface area contributed by atoms with E-state index in [2.05, 4.69) is 40.7 Å². The molecular weight excluding hydrogens is 764 g/mol. The first-order valence-corrected chi connectivity index (χ1v) is 20.6. The monoisotopic (exact) mass is 812 g/mol. The average Bonchev–Trinajstić information content (AvgIpc) is 3.75. The number of nitrogens with zero attached hydrogens (tertiary/aromatic N) is 4. The van der Waals surface area contributed by atoms with Crippen molar-refractivity contribution < 1.29 is 36.5 Å². The highest BCUT2D eigenvalue weighted by molar-refractivity contribution is 7.96. The van der Waals surface area contributed by atoms with Crippen molar-refractivity contribution in [1.82, 2.24) is 24.5 Å². The number of benzene rings is 2. The van der Waals surface area contributed by atoms with Gasteiger partial charge in [-0.1, -0.05) is 75.9 Å². The van der Waals surface area contributed by atoms with Gasteiger partial charge in [0.1, 0.15) is 36.1 Å². The number of aromatic nitrogens is 3. The summed E-state index contributed by atoms with van der Waals surface area (Å²) in [7, 11) is -1.99. The first-order chi connectivity index (χ1) is 25.8. The van der Waals surface area contributed by atoms with Crippen molar-refractivity contribution in [2.75, 3.05) is 24.4 Å². The van der Waals surface area contributed by atoms with E-state index in [1.54, 1.807) is 38.1 Å². The molecule has 0 radical (unpaired) electrons. The molecule has 54 heavy (non-hydrogen) atoms. The Morgan fingerprint density at radius 2 is 1.81 bits per heavy atom. The standard InChI is InChI=1S/C34H41ClF3N6O5PS.C3H8/c1-6-33(4,32(45)46-19-23-10-8-9-11-28(23)34(36,37)38)41-50(49-25-14-12-24(35)13-15-25)47-20-26-18-22(3)31(48-26)43-17-16-27-29(43)39-21-40-30(27)44(7-2)42-51-5;1-3-2/h8-17,21-22,26,31,41-42H,6-7,18-20H2,1-5H3;3H2,1-2H3. The molecule has 1 aliphatic rings. The number of anilines is 1. The Kier molecular flexibility index (Phi) is 16.2. The number of hydrazine groups is 1. The first-order valence-electron chi connectivity index (χ1n) is 17.8. The molecule has 5 atom stereocenters. The molecule has 4 aromatic rings. The summed E-state index contributed by atoms with van der Waals surface area (Å²) >= 11 is 7.56. The van der Waals surface area contributed by atoms with Gasteiger partial charge < -0.3 is 23.1 Å². The maximum atomic E-state index is 13.6. The molecule has 11 nitrogen and oxygen atoms in total. The summed E-state index contributed by atoms with van der Waals surface area (Å²) in [6.07, 6.45) is 2.34. The second-order valence-corrected chi connectivity index (χ2v) is 15.1. The van der Waals surface area contributed by atoms with Gasteiger partial charge in [0.15, 0.2) is 5.82 Å². The van der Waals surface area contributed by atoms with Crippen molar-refractivity contribution in [3.8, 4) is 5.75 Å². The molecule has 2 N–H and O–H groups in total. The van der Waals surface area contributed by atoms with Crippen molar-refractivity contribution in [3.05, 3.63) is 83.3 Å². The molecule has 1 fully saturated rings. The molecule has 5 rings (SSSR count). The molecule has 0 amide bonds. The van der Waals surface area contributed by atoms with E-state index < -0.39 is 38.4 Å². The van der Waals surface area contributed by atoms with Crippen molar-refractivity contribution in [2.45, 2.75) is 91.5 Å². The van der Waals surface area contributed by atoms with Crippen LogP contribution in [-0.2, 0) is 31.6 Å². The second kappa shape index (κ2) is 20.1. The second-order valence-electron chi connectivity index (χ2n) is 12.9. The number of carbonyl (C=O) groups excluding carboxylic acids is 1. The van der Waals surface area contributed by atoms with Gasteiger partial charge in [-0.25, -0.2) is 15.1 Å². The predicted octanol–water partition coefficient (Wildman–Crippen LogP) is 9.88. The van der Waals surface area contributed by atoms with Crippen LogP contribution >= 0.6 is 32.1 Å². The van der Waals surface area contributed by atoms with E-state index in [1.165, 1.54) is 42.9 Å². The lowest BCUT2D eigenvalue weighted by Gasteiger charge is -2.31. The van der Waals surface area contributed by atoms with Crippen molar-refractivity contribution in [2.24, 2.45) is 5.92 Å². The number of esters is 1. The summed E-state index contributed by atoms with van der Waals surface area (Å²) in [5.41, 5.74) is -1.63. The van der Waals surface area contributed by atoms with Crippen LogP contribution in [0.3, 0.4) is 0 Å². The number of fused-ring (bicyclic) bond motifs is 1. The molecule has 5 unspecified atom stereocenters. The van der Waals surface area contributed by atoms with Crippen LogP contribution < -0.4 is 19.5 Å². The van der Waals surface area contributed by atoms with Gasteiger partial charge in [-0.05, 0) is 69.3 Å². The summed E-state index contributed by atoms with van der Waals surface area (Å²) in [5, 5.41) is 6.50. The van der Waals surface area contributed by atoms with E-state index in [4.69, 9.17) is 30.1 Å². The van der Waals surface area contributed by atoms with Crippen molar-refractivity contribution in [3.63, 3.8) is 0 Å². The van der Waals surface area contributed by atoms with Crippen LogP contribution in [0.15, 0.2) is 67.1 Å². The number of halogens is 4. The van der Waals surface area contributed by atoms with Gasteiger partial charge in [0.05, 0.1) is 23.7 Å². The Balaban J connectivity index is 0.00000209. The van der Waals surface area contributed by atoms with E-state index in [-0.39, 0.29) is 36.8 Å². The fourth-order valence-corrected chi connectivity index (χ4v) is 7.62. The van der Waals surface area contributed by atoms with Crippen molar-refractivity contribution in [1.29, 1.82) is 0 Å². The quantitative estimate of drug-likeness (QED) is 0.0488. The average molecular weight is 813 g/mol. The Morgan fingerprint density at radius 1 is 1.11 bits per heavy atom. The van der Waals surface area contributed by atoms with Gasteiger partial charge in [-0.2, -0.15) is 18.0 Å². The number of ether oxygens (including phenoxy) is 2. The molecule has 296 valence electrons. The Hall–Kier alpha value is -3.17. The molecule has 2 aromatic carbocycles. The number of alkyl halides is 3. The Morgan fingerprint density at radius 3 is 2.46 bits per heavy atom. The molecule has 0 spiro atoms. The van der Waals surface area contributed by atoms with Gasteiger partial charge in [0, 0.05) is 29.2 Å². The molecule has 2 aromatic heterocycles. The third-order valence-electron chi connectivity index (χ3n) is 8.55. The molecule has 17 heteroatoms. The zero-order valence-corrected chi connectivity index (χ0v) is 34.0. The van der Waals surface area contributed by atoms with Crippen LogP contribution in [0.4, 0.5) is 19.0 Å². The topological polar surface area (TPSA) is 112 Å². The highest BCUT2D eigenvalue weighted by Crippen LogP contribution is 2.43. The zero-order chi connectivity index (χ0) is 39.5. The predicted molar refractivity (Wildman–Crippen MR) is 209 cm³/mol. The van der Waals surface area contributed by atoms with Gasteiger partial charge in [0.2, 0.25) is 0 Å². The van der Waals surface area contributed by atoms with Gasteiger partial charge in [-0.15, -0.1) is 0 Å². The normalized spacial score (nSPS) is 18.8. The van der Waals surface area contributed by atoms with Crippen LogP contribution in [-0.4, -0.2) is 51.6 Å². The minimum atomic E-state index is -4.59. The number of hydrogen-bond acceptors (Lipinski definition) is 11. The van der Waals surface area contributed by atoms with Crippen LogP contribution in [0.2, 0.25) is 5.02 Å². The smallest absolute Gasteiger partial charge is 0.416 e. The summed E-state index contributed by atoms with van der Waals surface area (Å²) in [6, 6.07) is 13.6. The van der Waals surface area contributed by atoms with Gasteiger partial charge in [-0.3, -0.25) is 9.80 Å². The molecule has 0 saturated carbocycles. The summed E-state index contributed by atoms with van der Waals surface area (Å²) < 4.78 is 67.1. The molecule has 3 heterocycles. The van der Waals surface area contributed by atoms with Crippen LogP contribution in [0.25, 0.3) is 11.0 Å². The molecular formula is C37H49ClF3N6O5PS. The van der Waals surface area contributed by atoms with Crippen LogP contribution in [0.1, 0.15) is 78.2 Å². The van der Waals surface area contributed by atoms with E-state index in [1.807, 2.05) is 35.0 Å². The third kappa shape index (κ3) is 11.2. The maximum absolute atomic E-state index is 13.6. The lowest BCUT2D eigenvalue weighted by molar-refractivity contribution is -0.153. The molecule has 0 bridgehead atoms. The van der Waals surface area contributed by atoms with Gasteiger partial charge in [0.25, 0.3) is 0 Å². The SMILES string of the molecule is CCC.CCN(NSC)c1ncnc2c1ccn2C1OC(COP(NC(C)(CC)C(=O)OCc2ccccc2C(F)(F)F)Oc2ccc(Cl)cc2)CC1C. The first kappa shape index (κ1) is 43.6. The lowest BCUT2D eigenvalue weighted by Crippen LogP contribution is -2.48. The lowest BCUT2D eigenvalue weighted by atomic mass is 10.0. The molecule has 1 saturated heterocycles. The van der Waals surface area contributed by atoms with Gasteiger partial charge >= 0.3 is 20.7 Å². The number of hydrogen-bond donors (Lipinski definition) is 2. The van der Waals surface area contributed by atoms with Crippen LogP contribution in [0.5, 0.6) is 5.75 Å². The Labute approximate surface area is 325 Å². The fourth-order valence-electron chi connectivity index (χ4n) is 5.63. The number of nitrogens with one attached hydrogen (secondary N) is 2. The maximum Gasteiger partial charge on any atom is 0.416 e. The summed E-state index contributed by atoms with van der Waals surface area (Å²) in [6.45, 7) is 12.0. The summed E-state index contributed by atoms with van der Waals surface area (Å²) in [4.78, 5) is 25.8.